The highest BCUT2D eigenvalue weighted by Crippen LogP contribution is 2.27. The maximum absolute atomic E-state index is 12.5. The number of hydrogen-bond donors (Lipinski definition) is 1. The van der Waals surface area contributed by atoms with Crippen LogP contribution in [0.5, 0.6) is 23.3 Å². The first-order valence-electron chi connectivity index (χ1n) is 10.2. The molecule has 178 valence electrons. The molecule has 12 heteroatoms. The van der Waals surface area contributed by atoms with Crippen molar-refractivity contribution in [1.29, 1.82) is 0 Å². The summed E-state index contributed by atoms with van der Waals surface area (Å²) in [6, 6.07) is 14.2. The molecule has 2 heterocycles. The van der Waals surface area contributed by atoms with Gasteiger partial charge in [-0.3, -0.25) is 14.9 Å². The number of amides is 1. The van der Waals surface area contributed by atoms with Crippen molar-refractivity contribution in [1.82, 2.24) is 15.0 Å². The molecule has 0 spiro atoms. The van der Waals surface area contributed by atoms with E-state index in [2.05, 4.69) is 20.3 Å². The van der Waals surface area contributed by atoms with Gasteiger partial charge in [-0.1, -0.05) is 11.6 Å². The summed E-state index contributed by atoms with van der Waals surface area (Å²) in [6.07, 6.45) is 0.508. The van der Waals surface area contributed by atoms with Gasteiger partial charge in [0.1, 0.15) is 11.5 Å². The quantitative estimate of drug-likeness (QED) is 0.270. The molecular weight excluding hydrogens is 478 g/mol. The normalized spacial score (nSPS) is 11.5. The number of pyridine rings is 1. The van der Waals surface area contributed by atoms with E-state index < -0.39 is 16.9 Å². The van der Waals surface area contributed by atoms with Gasteiger partial charge in [0.15, 0.2) is 6.10 Å². The second-order valence-electron chi connectivity index (χ2n) is 7.14. The van der Waals surface area contributed by atoms with Gasteiger partial charge in [-0.15, -0.1) is 0 Å². The third-order valence-corrected chi connectivity index (χ3v) is 4.94. The largest absolute Gasteiger partial charge is 0.481 e. The fraction of sp³-hybridized carbons (Fsp3) is 0.130. The lowest BCUT2D eigenvalue weighted by Gasteiger charge is -2.15. The van der Waals surface area contributed by atoms with Gasteiger partial charge in [0.25, 0.3) is 5.91 Å². The van der Waals surface area contributed by atoms with Crippen LogP contribution in [0.15, 0.2) is 60.8 Å². The first-order valence-corrected chi connectivity index (χ1v) is 10.6. The second-order valence-corrected chi connectivity index (χ2v) is 7.58. The standard InChI is InChI=1S/C23H18ClN5O6/c1-13(23(30)28-22-19(29(31)32)9-10-20(27-22)33-2)34-15-4-6-16(7-5-15)35-21-12-25-18-11-14(24)3-8-17(18)26-21/h3-13H,1-2H3,(H,27,28,30). The van der Waals surface area contributed by atoms with E-state index in [9.17, 15) is 14.9 Å². The first kappa shape index (κ1) is 23.6. The molecule has 4 aromatic rings. The molecule has 1 amide bonds. The van der Waals surface area contributed by atoms with Crippen LogP contribution in [-0.4, -0.2) is 39.0 Å². The molecule has 2 aromatic heterocycles. The first-order chi connectivity index (χ1) is 16.8. The fourth-order valence-corrected chi connectivity index (χ4v) is 3.15. The highest BCUT2D eigenvalue weighted by Gasteiger charge is 2.22. The van der Waals surface area contributed by atoms with Crippen LogP contribution in [0.2, 0.25) is 5.02 Å². The molecule has 2 aromatic carbocycles. The average molecular weight is 496 g/mol. The topological polar surface area (TPSA) is 139 Å². The predicted octanol–water partition coefficient (Wildman–Crippen LogP) is 4.79. The Kier molecular flexibility index (Phi) is 6.88. The number of benzene rings is 2. The molecule has 1 N–H and O–H groups in total. The summed E-state index contributed by atoms with van der Waals surface area (Å²) in [4.78, 5) is 35.7. The van der Waals surface area contributed by atoms with Crippen LogP contribution in [0.1, 0.15) is 6.92 Å². The molecule has 0 fully saturated rings. The molecule has 0 saturated heterocycles. The number of carbonyl (C=O) groups excluding carboxylic acids is 1. The molecule has 35 heavy (non-hydrogen) atoms. The number of nitrogens with one attached hydrogen (secondary N) is 1. The molecule has 0 radical (unpaired) electrons. The van der Waals surface area contributed by atoms with Crippen LogP contribution < -0.4 is 19.5 Å². The Morgan fingerprint density at radius 1 is 1.03 bits per heavy atom. The van der Waals surface area contributed by atoms with Gasteiger partial charge >= 0.3 is 5.69 Å². The summed E-state index contributed by atoms with van der Waals surface area (Å²) in [7, 11) is 1.36. The molecule has 0 aliphatic rings. The van der Waals surface area contributed by atoms with Crippen LogP contribution >= 0.6 is 11.6 Å². The molecule has 0 aliphatic heterocycles. The van der Waals surface area contributed by atoms with E-state index in [-0.39, 0.29) is 17.4 Å². The van der Waals surface area contributed by atoms with Crippen LogP contribution in [-0.2, 0) is 4.79 Å². The van der Waals surface area contributed by atoms with Crippen molar-refractivity contribution in [2.75, 3.05) is 12.4 Å². The van der Waals surface area contributed by atoms with E-state index in [1.165, 1.54) is 32.4 Å². The highest BCUT2D eigenvalue weighted by molar-refractivity contribution is 6.31. The monoisotopic (exact) mass is 495 g/mol. The maximum atomic E-state index is 12.5. The Morgan fingerprint density at radius 2 is 1.77 bits per heavy atom. The summed E-state index contributed by atoms with van der Waals surface area (Å²) in [5.41, 5.74) is 0.917. The fourth-order valence-electron chi connectivity index (χ4n) is 2.99. The van der Waals surface area contributed by atoms with Crippen molar-refractivity contribution in [3.8, 4) is 23.3 Å². The molecule has 1 atom stereocenters. The van der Waals surface area contributed by atoms with Gasteiger partial charge in [0.05, 0.1) is 29.3 Å². The lowest BCUT2D eigenvalue weighted by atomic mass is 10.3. The zero-order valence-corrected chi connectivity index (χ0v) is 19.2. The lowest BCUT2D eigenvalue weighted by molar-refractivity contribution is -0.384. The zero-order valence-electron chi connectivity index (χ0n) is 18.5. The molecule has 1 unspecified atom stereocenters. The Balaban J connectivity index is 1.40. The highest BCUT2D eigenvalue weighted by atomic mass is 35.5. The number of methoxy groups -OCH3 is 1. The van der Waals surface area contributed by atoms with Crippen LogP contribution in [0, 0.1) is 10.1 Å². The van der Waals surface area contributed by atoms with E-state index in [0.29, 0.717) is 33.4 Å². The lowest BCUT2D eigenvalue weighted by Crippen LogP contribution is -2.30. The number of anilines is 1. The van der Waals surface area contributed by atoms with Crippen molar-refractivity contribution >= 4 is 40.0 Å². The van der Waals surface area contributed by atoms with Crippen molar-refractivity contribution in [2.45, 2.75) is 13.0 Å². The summed E-state index contributed by atoms with van der Waals surface area (Å²) in [5, 5.41) is 14.2. The van der Waals surface area contributed by atoms with Crippen molar-refractivity contribution in [2.24, 2.45) is 0 Å². The minimum Gasteiger partial charge on any atom is -0.481 e. The van der Waals surface area contributed by atoms with Gasteiger partial charge in [0, 0.05) is 17.2 Å². The number of rotatable bonds is 8. The minimum absolute atomic E-state index is 0.120. The minimum atomic E-state index is -0.979. The maximum Gasteiger partial charge on any atom is 0.312 e. The Bertz CT molecular complexity index is 1400. The summed E-state index contributed by atoms with van der Waals surface area (Å²) >= 11 is 5.96. The van der Waals surface area contributed by atoms with Crippen LogP contribution in [0.4, 0.5) is 11.5 Å². The Morgan fingerprint density at radius 3 is 2.49 bits per heavy atom. The van der Waals surface area contributed by atoms with Crippen LogP contribution in [0.3, 0.4) is 0 Å². The molecule has 11 nitrogen and oxygen atoms in total. The van der Waals surface area contributed by atoms with E-state index in [0.717, 1.165) is 0 Å². The molecule has 0 bridgehead atoms. The van der Waals surface area contributed by atoms with E-state index in [1.54, 1.807) is 42.5 Å². The van der Waals surface area contributed by atoms with Crippen molar-refractivity contribution in [3.05, 3.63) is 75.9 Å². The number of aromatic nitrogens is 3. The zero-order chi connectivity index (χ0) is 24.9. The van der Waals surface area contributed by atoms with Crippen molar-refractivity contribution in [3.63, 3.8) is 0 Å². The Labute approximate surface area is 203 Å². The second kappa shape index (κ2) is 10.2. The van der Waals surface area contributed by atoms with Gasteiger partial charge in [0.2, 0.25) is 17.6 Å². The third-order valence-electron chi connectivity index (χ3n) is 4.71. The Hall–Kier alpha value is -4.51. The third kappa shape index (κ3) is 5.71. The van der Waals surface area contributed by atoms with Crippen molar-refractivity contribution < 1.29 is 23.9 Å². The van der Waals surface area contributed by atoms with Gasteiger partial charge in [-0.2, -0.15) is 4.98 Å². The van der Waals surface area contributed by atoms with Gasteiger partial charge in [-0.25, -0.2) is 9.97 Å². The SMILES string of the molecule is COc1ccc([N+](=O)[O-])c(NC(=O)C(C)Oc2ccc(Oc3cnc4cc(Cl)ccc4n3)cc2)n1. The van der Waals surface area contributed by atoms with Gasteiger partial charge in [-0.05, 0) is 49.4 Å². The smallest absolute Gasteiger partial charge is 0.312 e. The summed E-state index contributed by atoms with van der Waals surface area (Å²) in [5.74, 6) is 0.419. The molecule has 4 rings (SSSR count). The number of halogens is 1. The number of ether oxygens (including phenoxy) is 3. The number of nitro groups is 1. The van der Waals surface area contributed by atoms with Gasteiger partial charge < -0.3 is 19.5 Å². The average Bonchev–Trinajstić information content (AvgIpc) is 2.85. The predicted molar refractivity (Wildman–Crippen MR) is 127 cm³/mol. The number of fused-ring (bicyclic) bond motifs is 1. The van der Waals surface area contributed by atoms with Crippen LogP contribution in [0.25, 0.3) is 11.0 Å². The molecular formula is C23H18ClN5O6. The molecule has 0 aliphatic carbocycles. The van der Waals surface area contributed by atoms with E-state index in [4.69, 9.17) is 25.8 Å². The molecule has 0 saturated carbocycles. The number of nitrogens with zero attached hydrogens (tertiary/aromatic N) is 4. The summed E-state index contributed by atoms with van der Waals surface area (Å²) < 4.78 is 16.3. The van der Waals surface area contributed by atoms with E-state index >= 15 is 0 Å². The number of hydrogen-bond acceptors (Lipinski definition) is 9. The summed E-state index contributed by atoms with van der Waals surface area (Å²) in [6.45, 7) is 1.50. The number of carbonyl (C=O) groups is 1. The van der Waals surface area contributed by atoms with E-state index in [1.807, 2.05) is 0 Å².